The van der Waals surface area contributed by atoms with Crippen LogP contribution >= 0.6 is 0 Å². The van der Waals surface area contributed by atoms with Crippen molar-refractivity contribution in [3.63, 3.8) is 0 Å². The summed E-state index contributed by atoms with van der Waals surface area (Å²) in [4.78, 5) is 0. The number of ether oxygens (including phenoxy) is 2. The second-order valence-corrected chi connectivity index (χ2v) is 3.80. The highest BCUT2D eigenvalue weighted by Crippen LogP contribution is 2.39. The van der Waals surface area contributed by atoms with Gasteiger partial charge in [0.25, 0.3) is 0 Å². The van der Waals surface area contributed by atoms with Crippen LogP contribution in [0.3, 0.4) is 0 Å². The van der Waals surface area contributed by atoms with Gasteiger partial charge in [-0.25, -0.2) is 8.78 Å². The minimum Gasteiger partial charge on any atom is -0.494 e. The first-order valence-corrected chi connectivity index (χ1v) is 4.74. The first-order valence-electron chi connectivity index (χ1n) is 4.74. The smallest absolute Gasteiger partial charge is 0.165 e. The van der Waals surface area contributed by atoms with E-state index in [9.17, 15) is 8.78 Å². The first kappa shape index (κ1) is 10.4. The molecule has 4 heteroatoms. The van der Waals surface area contributed by atoms with Gasteiger partial charge in [-0.3, -0.25) is 0 Å². The largest absolute Gasteiger partial charge is 0.494 e. The lowest BCUT2D eigenvalue weighted by Crippen LogP contribution is -2.38. The number of methoxy groups -OCH3 is 1. The van der Waals surface area contributed by atoms with Gasteiger partial charge < -0.3 is 9.47 Å². The van der Waals surface area contributed by atoms with Gasteiger partial charge in [0, 0.05) is 18.1 Å². The standard InChI is InChI=1S/C11H12F2O2/c1-11(3-4-15-11)7-5-9(13)10(14-2)6-8(7)12/h5-6H,3-4H2,1-2H3. The van der Waals surface area contributed by atoms with Crippen molar-refractivity contribution in [3.8, 4) is 5.75 Å². The summed E-state index contributed by atoms with van der Waals surface area (Å²) < 4.78 is 36.9. The van der Waals surface area contributed by atoms with Crippen molar-refractivity contribution in [2.45, 2.75) is 18.9 Å². The average Bonchev–Trinajstić information content (AvgIpc) is 2.17. The summed E-state index contributed by atoms with van der Waals surface area (Å²) in [5, 5.41) is 0. The monoisotopic (exact) mass is 214 g/mol. The quantitative estimate of drug-likeness (QED) is 0.753. The molecule has 0 aromatic heterocycles. The molecule has 0 aliphatic carbocycles. The highest BCUT2D eigenvalue weighted by Gasteiger charge is 2.38. The van der Waals surface area contributed by atoms with Crippen molar-refractivity contribution in [1.82, 2.24) is 0 Å². The van der Waals surface area contributed by atoms with Gasteiger partial charge in [-0.1, -0.05) is 0 Å². The second kappa shape index (κ2) is 3.45. The Morgan fingerprint density at radius 3 is 2.47 bits per heavy atom. The molecule has 1 aliphatic rings. The molecule has 2 nitrogen and oxygen atoms in total. The summed E-state index contributed by atoms with van der Waals surface area (Å²) in [5.41, 5.74) is -0.427. The van der Waals surface area contributed by atoms with E-state index in [1.54, 1.807) is 6.92 Å². The van der Waals surface area contributed by atoms with Crippen LogP contribution in [-0.2, 0) is 10.3 Å². The van der Waals surface area contributed by atoms with E-state index in [0.717, 1.165) is 12.1 Å². The van der Waals surface area contributed by atoms with Crippen LogP contribution in [0.25, 0.3) is 0 Å². The molecule has 1 saturated heterocycles. The molecule has 0 spiro atoms. The van der Waals surface area contributed by atoms with E-state index in [2.05, 4.69) is 4.74 Å². The fourth-order valence-electron chi connectivity index (χ4n) is 1.71. The fraction of sp³-hybridized carbons (Fsp3) is 0.455. The van der Waals surface area contributed by atoms with Crippen molar-refractivity contribution in [3.05, 3.63) is 29.3 Å². The molecule has 1 heterocycles. The number of hydrogen-bond acceptors (Lipinski definition) is 2. The van der Waals surface area contributed by atoms with E-state index in [1.807, 2.05) is 0 Å². The predicted octanol–water partition coefficient (Wildman–Crippen LogP) is 2.61. The van der Waals surface area contributed by atoms with Crippen molar-refractivity contribution in [1.29, 1.82) is 0 Å². The number of rotatable bonds is 2. The highest BCUT2D eigenvalue weighted by molar-refractivity contribution is 5.34. The summed E-state index contributed by atoms with van der Waals surface area (Å²) in [6, 6.07) is 2.20. The lowest BCUT2D eigenvalue weighted by molar-refractivity contribution is -0.142. The Bertz CT molecular complexity index is 386. The van der Waals surface area contributed by atoms with Crippen LogP contribution in [0.2, 0.25) is 0 Å². The molecule has 1 unspecified atom stereocenters. The summed E-state index contributed by atoms with van der Waals surface area (Å²) in [5.74, 6) is -1.14. The van der Waals surface area contributed by atoms with Crippen LogP contribution in [0.5, 0.6) is 5.75 Å². The van der Waals surface area contributed by atoms with E-state index in [0.29, 0.717) is 13.0 Å². The maximum absolute atomic E-state index is 13.6. The third-order valence-electron chi connectivity index (χ3n) is 2.81. The summed E-state index contributed by atoms with van der Waals surface area (Å²) in [6.45, 7) is 2.34. The summed E-state index contributed by atoms with van der Waals surface area (Å²) >= 11 is 0. The Morgan fingerprint density at radius 2 is 2.00 bits per heavy atom. The summed E-state index contributed by atoms with van der Waals surface area (Å²) in [7, 11) is 1.30. The van der Waals surface area contributed by atoms with Crippen LogP contribution in [0.15, 0.2) is 12.1 Å². The highest BCUT2D eigenvalue weighted by atomic mass is 19.1. The molecule has 2 rings (SSSR count). The molecule has 1 aromatic rings. The molecule has 0 radical (unpaired) electrons. The van der Waals surface area contributed by atoms with Gasteiger partial charge in [0.05, 0.1) is 19.3 Å². The summed E-state index contributed by atoms with van der Waals surface area (Å²) in [6.07, 6.45) is 0.704. The molecule has 82 valence electrons. The number of halogens is 2. The van der Waals surface area contributed by atoms with Crippen LogP contribution in [0, 0.1) is 11.6 Å². The molecule has 1 fully saturated rings. The second-order valence-electron chi connectivity index (χ2n) is 3.80. The van der Waals surface area contributed by atoms with Crippen LogP contribution in [0.1, 0.15) is 18.9 Å². The Morgan fingerprint density at radius 1 is 1.33 bits per heavy atom. The Kier molecular flexibility index (Phi) is 2.38. The van der Waals surface area contributed by atoms with E-state index in [1.165, 1.54) is 7.11 Å². The molecule has 1 atom stereocenters. The number of hydrogen-bond donors (Lipinski definition) is 0. The lowest BCUT2D eigenvalue weighted by atomic mass is 9.88. The zero-order valence-electron chi connectivity index (χ0n) is 8.64. The maximum atomic E-state index is 13.6. The molecule has 0 amide bonds. The van der Waals surface area contributed by atoms with Crippen molar-refractivity contribution in [2.75, 3.05) is 13.7 Å². The first-order chi connectivity index (χ1) is 7.07. The predicted molar refractivity (Wildman–Crippen MR) is 50.8 cm³/mol. The number of benzene rings is 1. The van der Waals surface area contributed by atoms with E-state index in [4.69, 9.17) is 4.74 Å². The molecule has 15 heavy (non-hydrogen) atoms. The molecule has 0 bridgehead atoms. The van der Waals surface area contributed by atoms with Crippen LogP contribution < -0.4 is 4.74 Å². The zero-order valence-corrected chi connectivity index (χ0v) is 8.64. The topological polar surface area (TPSA) is 18.5 Å². The third-order valence-corrected chi connectivity index (χ3v) is 2.81. The maximum Gasteiger partial charge on any atom is 0.165 e. The van der Waals surface area contributed by atoms with Gasteiger partial charge >= 0.3 is 0 Å². The van der Waals surface area contributed by atoms with Gasteiger partial charge in [-0.05, 0) is 13.0 Å². The fourth-order valence-corrected chi connectivity index (χ4v) is 1.71. The minimum atomic E-state index is -0.683. The van der Waals surface area contributed by atoms with Gasteiger partial charge in [0.2, 0.25) is 0 Å². The molecular weight excluding hydrogens is 202 g/mol. The third kappa shape index (κ3) is 1.59. The Labute approximate surface area is 86.8 Å². The molecule has 1 aromatic carbocycles. The minimum absolute atomic E-state index is 0.0841. The molecule has 0 N–H and O–H groups in total. The molecular formula is C11H12F2O2. The molecule has 1 aliphatic heterocycles. The van der Waals surface area contributed by atoms with E-state index >= 15 is 0 Å². The van der Waals surface area contributed by atoms with Gasteiger partial charge in [-0.15, -0.1) is 0 Å². The Hall–Kier alpha value is -1.16. The SMILES string of the molecule is COc1cc(F)c(C2(C)CCO2)cc1F. The zero-order chi connectivity index (χ0) is 11.1. The van der Waals surface area contributed by atoms with Gasteiger partial charge in [0.1, 0.15) is 5.82 Å². The van der Waals surface area contributed by atoms with Crippen molar-refractivity contribution < 1.29 is 18.3 Å². The average molecular weight is 214 g/mol. The lowest BCUT2D eigenvalue weighted by Gasteiger charge is -2.39. The van der Waals surface area contributed by atoms with Gasteiger partial charge in [0.15, 0.2) is 11.6 Å². The Balaban J connectivity index is 2.45. The van der Waals surface area contributed by atoms with Crippen molar-refractivity contribution >= 4 is 0 Å². The van der Waals surface area contributed by atoms with Crippen LogP contribution in [0.4, 0.5) is 8.78 Å². The van der Waals surface area contributed by atoms with E-state index in [-0.39, 0.29) is 11.3 Å². The van der Waals surface area contributed by atoms with E-state index < -0.39 is 17.2 Å². The van der Waals surface area contributed by atoms with Gasteiger partial charge in [-0.2, -0.15) is 0 Å². The van der Waals surface area contributed by atoms with Crippen molar-refractivity contribution in [2.24, 2.45) is 0 Å². The molecule has 0 saturated carbocycles. The normalized spacial score (nSPS) is 24.8. The van der Waals surface area contributed by atoms with Crippen LogP contribution in [-0.4, -0.2) is 13.7 Å².